The van der Waals surface area contributed by atoms with Crippen molar-refractivity contribution in [3.8, 4) is 5.75 Å². The molecule has 5 N–H and O–H groups in total. The van der Waals surface area contributed by atoms with E-state index in [4.69, 9.17) is 9.79 Å². The molecule has 0 saturated carbocycles. The van der Waals surface area contributed by atoms with Gasteiger partial charge in [0.15, 0.2) is 0 Å². The second-order valence-corrected chi connectivity index (χ2v) is 10.9. The van der Waals surface area contributed by atoms with Gasteiger partial charge in [-0.2, -0.15) is 0 Å². The van der Waals surface area contributed by atoms with Crippen molar-refractivity contribution in [3.63, 3.8) is 0 Å². The molecule has 12 nitrogen and oxygen atoms in total. The number of likely N-dealkylation sites (tertiary alicyclic amines) is 1. The number of aliphatic carboxylic acids is 1. The van der Waals surface area contributed by atoms with Crippen molar-refractivity contribution in [2.24, 2.45) is 0 Å². The molecule has 0 bridgehead atoms. The molecule has 1 aliphatic rings. The fourth-order valence-electron chi connectivity index (χ4n) is 4.74. The van der Waals surface area contributed by atoms with Gasteiger partial charge in [0.25, 0.3) is 0 Å². The third-order valence-corrected chi connectivity index (χ3v) is 6.97. The van der Waals surface area contributed by atoms with Crippen LogP contribution in [0.4, 0.5) is 0 Å². The lowest BCUT2D eigenvalue weighted by Gasteiger charge is -2.30. The van der Waals surface area contributed by atoms with E-state index in [2.05, 4.69) is 15.2 Å². The molecule has 3 rings (SSSR count). The third kappa shape index (κ3) is 9.78. The molecule has 3 atom stereocenters. The Morgan fingerprint density at radius 3 is 2.27 bits per heavy atom. The molecular formula is C27H34N3O9P. The van der Waals surface area contributed by atoms with Crippen LogP contribution in [0, 0.1) is 0 Å². The van der Waals surface area contributed by atoms with Crippen molar-refractivity contribution in [2.45, 2.75) is 63.6 Å². The predicted molar refractivity (Wildman–Crippen MR) is 144 cm³/mol. The summed E-state index contributed by atoms with van der Waals surface area (Å²) in [5, 5.41) is 14.5. The number of carbonyl (C=O) groups is 4. The Hall–Kier alpha value is -3.73. The number of rotatable bonds is 13. The highest BCUT2D eigenvalue weighted by Crippen LogP contribution is 2.37. The largest absolute Gasteiger partial charge is 0.524 e. The van der Waals surface area contributed by atoms with Crippen LogP contribution in [0.1, 0.15) is 43.7 Å². The highest BCUT2D eigenvalue weighted by molar-refractivity contribution is 7.46. The maximum Gasteiger partial charge on any atom is 0.524 e. The molecule has 1 fully saturated rings. The van der Waals surface area contributed by atoms with Gasteiger partial charge in [-0.05, 0) is 48.9 Å². The molecule has 0 aliphatic carbocycles. The van der Waals surface area contributed by atoms with Crippen LogP contribution in [0.15, 0.2) is 54.6 Å². The maximum atomic E-state index is 13.6. The third-order valence-electron chi connectivity index (χ3n) is 6.52. The zero-order chi connectivity index (χ0) is 29.3. The number of nitrogens with zero attached hydrogens (tertiary/aromatic N) is 1. The van der Waals surface area contributed by atoms with Gasteiger partial charge in [-0.3, -0.25) is 29.0 Å². The minimum atomic E-state index is -4.74. The monoisotopic (exact) mass is 575 g/mol. The molecule has 2 aromatic rings. The summed E-state index contributed by atoms with van der Waals surface area (Å²) in [5.74, 6) is -2.70. The number of hydrogen-bond donors (Lipinski definition) is 5. The molecule has 40 heavy (non-hydrogen) atoms. The van der Waals surface area contributed by atoms with Crippen molar-refractivity contribution in [1.29, 1.82) is 0 Å². The topological polar surface area (TPSA) is 183 Å². The molecule has 0 unspecified atom stereocenters. The Balaban J connectivity index is 1.74. The Kier molecular flexibility index (Phi) is 10.8. The average molecular weight is 576 g/mol. The van der Waals surface area contributed by atoms with E-state index in [0.29, 0.717) is 18.5 Å². The van der Waals surface area contributed by atoms with Gasteiger partial charge in [-0.15, -0.1) is 0 Å². The van der Waals surface area contributed by atoms with Crippen molar-refractivity contribution in [1.82, 2.24) is 15.5 Å². The van der Waals surface area contributed by atoms with E-state index in [1.165, 1.54) is 31.2 Å². The van der Waals surface area contributed by atoms with Crippen molar-refractivity contribution >= 4 is 31.5 Å². The normalized spacial score (nSPS) is 16.6. The molecule has 0 spiro atoms. The van der Waals surface area contributed by atoms with E-state index in [0.717, 1.165) is 18.4 Å². The standard InChI is InChI=1S/C27H34N3O9P/c1-18(31)28-24(17-20-9-11-22(12-10-20)39-40(36,37)38)26(34)29-23(13-14-25(32)33)27(35)30-15-5-8-21(30)16-19-6-3-2-4-7-19/h2-4,6-7,9-12,21,23-24H,5,8,13-17H2,1H3,(H,28,31)(H,29,34)(H,32,33)(H2,36,37,38)/t21-,23-,24-/m0/s1. The lowest BCUT2D eigenvalue weighted by Crippen LogP contribution is -2.55. The number of carboxylic acids is 1. The second kappa shape index (κ2) is 14.1. The first-order valence-corrected chi connectivity index (χ1v) is 14.4. The summed E-state index contributed by atoms with van der Waals surface area (Å²) >= 11 is 0. The molecular weight excluding hydrogens is 541 g/mol. The summed E-state index contributed by atoms with van der Waals surface area (Å²) in [6.07, 6.45) is 1.77. The van der Waals surface area contributed by atoms with Gasteiger partial charge in [0, 0.05) is 32.4 Å². The van der Waals surface area contributed by atoms with E-state index in [1.807, 2.05) is 30.3 Å². The van der Waals surface area contributed by atoms with Crippen molar-refractivity contribution < 1.29 is 43.2 Å². The van der Waals surface area contributed by atoms with Gasteiger partial charge in [-0.25, -0.2) is 4.57 Å². The van der Waals surface area contributed by atoms with E-state index in [9.17, 15) is 28.8 Å². The highest BCUT2D eigenvalue weighted by atomic mass is 31.2. The van der Waals surface area contributed by atoms with Crippen LogP contribution >= 0.6 is 7.82 Å². The molecule has 216 valence electrons. The summed E-state index contributed by atoms with van der Waals surface area (Å²) in [4.78, 5) is 69.7. The van der Waals surface area contributed by atoms with Crippen LogP contribution in [0.2, 0.25) is 0 Å². The summed E-state index contributed by atoms with van der Waals surface area (Å²) < 4.78 is 15.6. The molecule has 1 aliphatic heterocycles. The number of benzene rings is 2. The Morgan fingerprint density at radius 2 is 1.68 bits per heavy atom. The molecule has 0 radical (unpaired) electrons. The second-order valence-electron chi connectivity index (χ2n) is 9.69. The number of carboxylic acid groups (broad SMARTS) is 1. The van der Waals surface area contributed by atoms with Gasteiger partial charge in [-0.1, -0.05) is 42.5 Å². The Labute approximate surface area is 232 Å². The fraction of sp³-hybridized carbons (Fsp3) is 0.407. The van der Waals surface area contributed by atoms with Gasteiger partial charge in [0.05, 0.1) is 0 Å². The number of phosphoric acid groups is 1. The first-order chi connectivity index (χ1) is 18.9. The number of carbonyl (C=O) groups excluding carboxylic acids is 3. The smallest absolute Gasteiger partial charge is 0.481 e. The molecule has 2 aromatic carbocycles. The minimum absolute atomic E-state index is 0.00178. The van der Waals surface area contributed by atoms with Crippen LogP contribution in [-0.4, -0.2) is 68.2 Å². The van der Waals surface area contributed by atoms with Crippen LogP contribution in [-0.2, 0) is 36.6 Å². The van der Waals surface area contributed by atoms with Crippen LogP contribution in [0.25, 0.3) is 0 Å². The fourth-order valence-corrected chi connectivity index (χ4v) is 5.13. The summed E-state index contributed by atoms with van der Waals surface area (Å²) in [6, 6.07) is 13.0. The molecule has 0 aromatic heterocycles. The van der Waals surface area contributed by atoms with Crippen LogP contribution in [0.3, 0.4) is 0 Å². The number of amides is 3. The zero-order valence-electron chi connectivity index (χ0n) is 22.1. The zero-order valence-corrected chi connectivity index (χ0v) is 23.0. The quantitative estimate of drug-likeness (QED) is 0.222. The van der Waals surface area contributed by atoms with Crippen LogP contribution < -0.4 is 15.2 Å². The van der Waals surface area contributed by atoms with Crippen molar-refractivity contribution in [2.75, 3.05) is 6.54 Å². The first kappa shape index (κ1) is 30.8. The summed E-state index contributed by atoms with van der Waals surface area (Å²) in [5.41, 5.74) is 1.61. The maximum absolute atomic E-state index is 13.6. The van der Waals surface area contributed by atoms with E-state index in [1.54, 1.807) is 4.90 Å². The number of hydrogen-bond acceptors (Lipinski definition) is 6. The molecule has 1 saturated heterocycles. The number of nitrogens with one attached hydrogen (secondary N) is 2. The lowest BCUT2D eigenvalue weighted by atomic mass is 10.0. The summed E-state index contributed by atoms with van der Waals surface area (Å²) in [7, 11) is -4.74. The SMILES string of the molecule is CC(=O)N[C@@H](Cc1ccc(OP(=O)(O)O)cc1)C(=O)N[C@@H](CCC(=O)O)C(=O)N1CCC[C@H]1Cc1ccccc1. The first-order valence-electron chi connectivity index (χ1n) is 12.9. The highest BCUT2D eigenvalue weighted by Gasteiger charge is 2.35. The molecule has 3 amide bonds. The molecule has 1 heterocycles. The molecule has 13 heteroatoms. The van der Waals surface area contributed by atoms with Gasteiger partial charge >= 0.3 is 13.8 Å². The van der Waals surface area contributed by atoms with E-state index in [-0.39, 0.29) is 37.0 Å². The van der Waals surface area contributed by atoms with E-state index >= 15 is 0 Å². The average Bonchev–Trinajstić information content (AvgIpc) is 3.34. The van der Waals surface area contributed by atoms with Gasteiger partial charge < -0.3 is 25.2 Å². The predicted octanol–water partition coefficient (Wildman–Crippen LogP) is 1.79. The van der Waals surface area contributed by atoms with E-state index < -0.39 is 37.7 Å². The van der Waals surface area contributed by atoms with Gasteiger partial charge in [0.1, 0.15) is 17.8 Å². The number of phosphoric ester groups is 1. The summed E-state index contributed by atoms with van der Waals surface area (Å²) in [6.45, 7) is 1.73. The van der Waals surface area contributed by atoms with Gasteiger partial charge in [0.2, 0.25) is 17.7 Å². The minimum Gasteiger partial charge on any atom is -0.481 e. The van der Waals surface area contributed by atoms with Crippen LogP contribution in [0.5, 0.6) is 5.75 Å². The van der Waals surface area contributed by atoms with Crippen molar-refractivity contribution in [3.05, 3.63) is 65.7 Å². The Bertz CT molecular complexity index is 1230. The Morgan fingerprint density at radius 1 is 1.00 bits per heavy atom. The lowest BCUT2D eigenvalue weighted by molar-refractivity contribution is -0.140.